The van der Waals surface area contributed by atoms with Crippen molar-refractivity contribution < 1.29 is 28.7 Å². The topological polar surface area (TPSA) is 159 Å². The molecule has 2 aromatic heterocycles. The smallest absolute Gasteiger partial charge is 0.344 e. The number of furan rings is 1. The van der Waals surface area contributed by atoms with E-state index in [1.807, 2.05) is 0 Å². The average molecular weight is 577 g/mol. The molecule has 5 rings (SSSR count). The van der Waals surface area contributed by atoms with Gasteiger partial charge in [0.25, 0.3) is 5.56 Å². The number of rotatable bonds is 9. The minimum atomic E-state index is -1.38. The largest absolute Gasteiger partial charge is 0.490 e. The van der Waals surface area contributed by atoms with Crippen molar-refractivity contribution >= 4 is 51.3 Å². The first-order valence-corrected chi connectivity index (χ1v) is 12.6. The molecule has 0 spiro atoms. The molecule has 208 valence electrons. The number of aromatic nitrogens is 2. The van der Waals surface area contributed by atoms with Crippen LogP contribution in [0.5, 0.6) is 11.5 Å². The molecule has 0 aliphatic carbocycles. The second kappa shape index (κ2) is 11.1. The van der Waals surface area contributed by atoms with E-state index in [-0.39, 0.29) is 35.3 Å². The van der Waals surface area contributed by atoms with E-state index in [9.17, 15) is 24.8 Å². The highest BCUT2D eigenvalue weighted by molar-refractivity contribution is 6.31. The van der Waals surface area contributed by atoms with Gasteiger partial charge in [0, 0.05) is 22.0 Å². The monoisotopic (exact) mass is 576 g/mol. The number of carboxylic acids is 1. The number of carboxylic acid groups (broad SMARTS) is 1. The molecule has 0 aliphatic rings. The molecule has 0 saturated carbocycles. The van der Waals surface area contributed by atoms with Crippen molar-refractivity contribution in [3.63, 3.8) is 0 Å². The number of para-hydroxylation sites is 1. The summed E-state index contributed by atoms with van der Waals surface area (Å²) < 4.78 is 17.9. The van der Waals surface area contributed by atoms with Gasteiger partial charge in [0.15, 0.2) is 17.6 Å². The Morgan fingerprint density at radius 2 is 2.02 bits per heavy atom. The highest BCUT2D eigenvalue weighted by Gasteiger charge is 2.26. The Kier molecular flexibility index (Phi) is 7.40. The lowest BCUT2D eigenvalue weighted by molar-refractivity contribution is -0.386. The molecule has 3 aromatic carbocycles. The van der Waals surface area contributed by atoms with Crippen LogP contribution in [0.15, 0.2) is 75.0 Å². The van der Waals surface area contributed by atoms with Gasteiger partial charge in [0.1, 0.15) is 5.58 Å². The molecule has 0 bridgehead atoms. The minimum Gasteiger partial charge on any atom is -0.490 e. The van der Waals surface area contributed by atoms with E-state index in [1.54, 1.807) is 55.5 Å². The quantitative estimate of drug-likeness (QED) is 0.136. The van der Waals surface area contributed by atoms with Gasteiger partial charge in [-0.25, -0.2) is 9.78 Å². The Bertz CT molecular complexity index is 1910. The first-order valence-electron chi connectivity index (χ1n) is 12.3. The molecule has 5 aromatic rings. The van der Waals surface area contributed by atoms with Crippen molar-refractivity contribution in [3.8, 4) is 23.1 Å². The SMILES string of the molecule is CCOc1cc(C=Nn2c(-c3cc4cc(Cl)ccc4o3)nc3ccccc3c2=O)cc([N+](=O)[O-])c1O[C@H](C)C(=O)O. The average Bonchev–Trinajstić information content (AvgIpc) is 3.36. The summed E-state index contributed by atoms with van der Waals surface area (Å²) in [4.78, 5) is 40.6. The molecule has 0 radical (unpaired) electrons. The molecule has 0 aliphatic heterocycles. The fourth-order valence-electron chi connectivity index (χ4n) is 4.07. The van der Waals surface area contributed by atoms with E-state index in [0.717, 1.165) is 10.7 Å². The summed E-state index contributed by atoms with van der Waals surface area (Å²) in [5.74, 6) is -1.37. The van der Waals surface area contributed by atoms with Gasteiger partial charge in [-0.3, -0.25) is 14.9 Å². The van der Waals surface area contributed by atoms with Gasteiger partial charge in [-0.15, -0.1) is 0 Å². The van der Waals surface area contributed by atoms with Crippen LogP contribution in [0.4, 0.5) is 5.69 Å². The third-order valence-electron chi connectivity index (χ3n) is 5.97. The van der Waals surface area contributed by atoms with Crippen molar-refractivity contribution in [2.75, 3.05) is 6.61 Å². The standard InChI is InChI=1S/C28H21ClN4O8/c1-3-39-23-11-16(10-21(33(37)38)25(23)40-15(2)28(35)36)14-30-32-26(31-20-7-5-4-6-19(20)27(32)34)24-13-17-12-18(29)8-9-22(17)41-24/h4-15H,3H2,1-2H3,(H,35,36)/t15-/m1/s1. The lowest BCUT2D eigenvalue weighted by Gasteiger charge is -2.15. The highest BCUT2D eigenvalue weighted by Crippen LogP contribution is 2.39. The predicted molar refractivity (Wildman–Crippen MR) is 151 cm³/mol. The maximum atomic E-state index is 13.5. The fourth-order valence-corrected chi connectivity index (χ4v) is 4.25. The summed E-state index contributed by atoms with van der Waals surface area (Å²) in [6.07, 6.45) is -0.156. The molecular formula is C28H21ClN4O8. The number of benzene rings is 3. The van der Waals surface area contributed by atoms with Crippen molar-refractivity contribution in [3.05, 3.63) is 91.7 Å². The number of hydrogen-bond acceptors (Lipinski definition) is 9. The van der Waals surface area contributed by atoms with Crippen molar-refractivity contribution in [2.45, 2.75) is 20.0 Å². The van der Waals surface area contributed by atoms with Gasteiger partial charge >= 0.3 is 11.7 Å². The second-order valence-electron chi connectivity index (χ2n) is 8.76. The molecule has 12 nitrogen and oxygen atoms in total. The van der Waals surface area contributed by atoms with Gasteiger partial charge in [-0.1, -0.05) is 23.7 Å². The number of nitro groups is 1. The van der Waals surface area contributed by atoms with Crippen LogP contribution < -0.4 is 15.0 Å². The summed E-state index contributed by atoms with van der Waals surface area (Å²) in [6.45, 7) is 3.01. The molecule has 2 heterocycles. The zero-order chi connectivity index (χ0) is 29.3. The summed E-state index contributed by atoms with van der Waals surface area (Å²) in [5, 5.41) is 26.9. The van der Waals surface area contributed by atoms with Crippen LogP contribution in [0.2, 0.25) is 5.02 Å². The fraction of sp³-hybridized carbons (Fsp3) is 0.143. The highest BCUT2D eigenvalue weighted by atomic mass is 35.5. The van der Waals surface area contributed by atoms with E-state index in [1.165, 1.54) is 19.2 Å². The Morgan fingerprint density at radius 1 is 1.24 bits per heavy atom. The number of carbonyl (C=O) groups is 1. The molecule has 41 heavy (non-hydrogen) atoms. The van der Waals surface area contributed by atoms with E-state index in [4.69, 9.17) is 25.5 Å². The number of halogens is 1. The van der Waals surface area contributed by atoms with Crippen LogP contribution in [-0.4, -0.2) is 44.6 Å². The van der Waals surface area contributed by atoms with Crippen LogP contribution in [-0.2, 0) is 4.79 Å². The van der Waals surface area contributed by atoms with Gasteiger partial charge in [0.05, 0.1) is 28.6 Å². The van der Waals surface area contributed by atoms with Gasteiger partial charge in [-0.2, -0.15) is 9.78 Å². The molecule has 0 amide bonds. The third kappa shape index (κ3) is 5.45. The molecule has 1 atom stereocenters. The van der Waals surface area contributed by atoms with Crippen molar-refractivity contribution in [1.82, 2.24) is 9.66 Å². The van der Waals surface area contributed by atoms with E-state index < -0.39 is 28.2 Å². The van der Waals surface area contributed by atoms with Crippen molar-refractivity contribution in [1.29, 1.82) is 0 Å². The number of nitro benzene ring substituents is 1. The number of fused-ring (bicyclic) bond motifs is 2. The molecule has 0 saturated heterocycles. The first-order chi connectivity index (χ1) is 19.7. The third-order valence-corrected chi connectivity index (χ3v) is 6.21. The molecule has 0 fully saturated rings. The normalized spacial score (nSPS) is 12.2. The van der Waals surface area contributed by atoms with Crippen LogP contribution in [0.25, 0.3) is 33.5 Å². The number of hydrogen-bond donors (Lipinski definition) is 1. The summed E-state index contributed by atoms with van der Waals surface area (Å²) >= 11 is 6.12. The second-order valence-corrected chi connectivity index (χ2v) is 9.20. The lowest BCUT2D eigenvalue weighted by Crippen LogP contribution is -2.23. The van der Waals surface area contributed by atoms with Gasteiger partial charge in [-0.05, 0) is 56.3 Å². The Labute approximate surface area is 236 Å². The maximum Gasteiger partial charge on any atom is 0.344 e. The number of ether oxygens (including phenoxy) is 2. The van der Waals surface area contributed by atoms with Crippen LogP contribution >= 0.6 is 11.6 Å². The van der Waals surface area contributed by atoms with Crippen LogP contribution in [0.3, 0.4) is 0 Å². The summed E-state index contributed by atoms with van der Waals surface area (Å²) in [7, 11) is 0. The maximum absolute atomic E-state index is 13.5. The van der Waals surface area contributed by atoms with Gasteiger partial charge < -0.3 is 19.0 Å². The Hall–Kier alpha value is -5.23. The predicted octanol–water partition coefficient (Wildman–Crippen LogP) is 5.50. The molecular weight excluding hydrogens is 556 g/mol. The molecule has 1 N–H and O–H groups in total. The van der Waals surface area contributed by atoms with Crippen LogP contribution in [0.1, 0.15) is 19.4 Å². The minimum absolute atomic E-state index is 0.0605. The van der Waals surface area contributed by atoms with Crippen molar-refractivity contribution in [2.24, 2.45) is 5.10 Å². The number of aliphatic carboxylic acids is 1. The molecule has 0 unspecified atom stereocenters. The van der Waals surface area contributed by atoms with Crippen LogP contribution in [0, 0.1) is 10.1 Å². The zero-order valence-corrected chi connectivity index (χ0v) is 22.4. The van der Waals surface area contributed by atoms with E-state index in [2.05, 4.69) is 10.1 Å². The van der Waals surface area contributed by atoms with E-state index >= 15 is 0 Å². The van der Waals surface area contributed by atoms with E-state index in [0.29, 0.717) is 26.9 Å². The zero-order valence-electron chi connectivity index (χ0n) is 21.6. The Balaban J connectivity index is 1.67. The first kappa shape index (κ1) is 27.3. The summed E-state index contributed by atoms with van der Waals surface area (Å²) in [5.41, 5.74) is 0.0723. The number of nitrogens with zero attached hydrogens (tertiary/aromatic N) is 4. The summed E-state index contributed by atoms with van der Waals surface area (Å²) in [6, 6.07) is 16.0. The Morgan fingerprint density at radius 3 is 2.76 bits per heavy atom. The van der Waals surface area contributed by atoms with Gasteiger partial charge in [0.2, 0.25) is 11.6 Å². The lowest BCUT2D eigenvalue weighted by atomic mass is 10.1. The molecule has 13 heteroatoms.